The maximum Gasteiger partial charge on any atom is 0.416 e. The van der Waals surface area contributed by atoms with Gasteiger partial charge in [0.1, 0.15) is 23.0 Å². The van der Waals surface area contributed by atoms with Crippen LogP contribution >= 0.6 is 11.6 Å². The number of rotatable bonds is 3. The van der Waals surface area contributed by atoms with E-state index in [-0.39, 0.29) is 42.5 Å². The van der Waals surface area contributed by atoms with Crippen molar-refractivity contribution in [1.29, 1.82) is 0 Å². The summed E-state index contributed by atoms with van der Waals surface area (Å²) in [6.45, 7) is 0.792. The molecule has 3 aromatic rings. The molecule has 5 rings (SSSR count). The molecule has 0 radical (unpaired) electrons. The zero-order valence-corrected chi connectivity index (χ0v) is 21.1. The van der Waals surface area contributed by atoms with Crippen LogP contribution in [0.25, 0.3) is 0 Å². The number of piperazine rings is 1. The summed E-state index contributed by atoms with van der Waals surface area (Å²) in [7, 11) is -2.28. The molecule has 0 N–H and O–H groups in total. The topological polar surface area (TPSA) is 71.4 Å². The Morgan fingerprint density at radius 2 is 1.70 bits per heavy atom. The minimum atomic E-state index is -4.55. The summed E-state index contributed by atoms with van der Waals surface area (Å²) >= 11 is 5.98. The fourth-order valence-electron chi connectivity index (χ4n) is 4.22. The molecule has 1 saturated heterocycles. The summed E-state index contributed by atoms with van der Waals surface area (Å²) in [4.78, 5) is 6.52. The van der Waals surface area contributed by atoms with Crippen LogP contribution in [0.15, 0.2) is 70.6 Å². The molecule has 0 aliphatic carbocycles. The van der Waals surface area contributed by atoms with Crippen molar-refractivity contribution in [3.63, 3.8) is 0 Å². The zero-order valence-electron chi connectivity index (χ0n) is 19.5. The molecule has 0 amide bonds. The number of nitrogens with zero attached hydrogens (tertiary/aromatic N) is 3. The number of amidine groups is 1. The molecule has 0 unspecified atom stereocenters. The lowest BCUT2D eigenvalue weighted by Crippen LogP contribution is -2.50. The maximum atomic E-state index is 13.4. The Hall–Kier alpha value is -3.28. The molecule has 0 atom stereocenters. The van der Waals surface area contributed by atoms with Crippen LogP contribution in [-0.4, -0.2) is 56.7 Å². The van der Waals surface area contributed by atoms with Gasteiger partial charge >= 0.3 is 6.18 Å². The Labute approximate surface area is 216 Å². The third-order valence-corrected chi connectivity index (χ3v) is 8.26. The summed E-state index contributed by atoms with van der Waals surface area (Å²) in [5.41, 5.74) is -0.303. The SMILES string of the molecule is COc1ccc2c(c1)C(N1CCN(S(=O)(=O)c3cccc(Cl)c3)CC1)=Nc1cc(C(F)(F)F)ccc1O2. The Morgan fingerprint density at radius 3 is 2.38 bits per heavy atom. The van der Waals surface area contributed by atoms with Crippen LogP contribution < -0.4 is 9.47 Å². The van der Waals surface area contributed by atoms with Gasteiger partial charge in [-0.05, 0) is 54.6 Å². The van der Waals surface area contributed by atoms with Gasteiger partial charge in [-0.15, -0.1) is 0 Å². The number of hydrogen-bond acceptors (Lipinski definition) is 6. The van der Waals surface area contributed by atoms with E-state index in [0.29, 0.717) is 27.9 Å². The van der Waals surface area contributed by atoms with Crippen LogP contribution in [0.5, 0.6) is 17.2 Å². The molecule has 1 fully saturated rings. The highest BCUT2D eigenvalue weighted by Gasteiger charge is 2.34. The second kappa shape index (κ2) is 9.55. The Kier molecular flexibility index (Phi) is 6.55. The Bertz CT molecular complexity index is 1490. The predicted molar refractivity (Wildman–Crippen MR) is 132 cm³/mol. The van der Waals surface area contributed by atoms with Crippen molar-refractivity contribution in [2.45, 2.75) is 11.1 Å². The fourth-order valence-corrected chi connectivity index (χ4v) is 5.94. The number of ether oxygens (including phenoxy) is 2. The molecule has 3 aromatic carbocycles. The van der Waals surface area contributed by atoms with E-state index in [1.54, 1.807) is 30.3 Å². The number of methoxy groups -OCH3 is 1. The summed E-state index contributed by atoms with van der Waals surface area (Å²) in [5, 5.41) is 0.315. The van der Waals surface area contributed by atoms with Crippen molar-refractivity contribution >= 4 is 33.1 Å². The molecule has 2 heterocycles. The highest BCUT2D eigenvalue weighted by molar-refractivity contribution is 7.89. The number of aliphatic imine (C=N–C) groups is 1. The standard InChI is InChI=1S/C25H21ClF3N3O4S/c1-35-18-6-8-22-20(15-18)24(30-21-13-16(25(27,28)29)5-7-23(21)36-22)31-9-11-32(12-10-31)37(33,34)19-4-2-3-17(26)14-19/h2-8,13-15H,9-12H2,1H3. The quantitative estimate of drug-likeness (QED) is 0.426. The number of fused-ring (bicyclic) bond motifs is 2. The lowest BCUT2D eigenvalue weighted by atomic mass is 10.1. The minimum Gasteiger partial charge on any atom is -0.497 e. The van der Waals surface area contributed by atoms with E-state index in [2.05, 4.69) is 4.99 Å². The van der Waals surface area contributed by atoms with Crippen molar-refractivity contribution in [3.8, 4) is 17.2 Å². The minimum absolute atomic E-state index is 0.0222. The summed E-state index contributed by atoms with van der Waals surface area (Å²) in [6.07, 6.45) is -4.55. The van der Waals surface area contributed by atoms with Crippen molar-refractivity contribution < 1.29 is 31.1 Å². The second-order valence-corrected chi connectivity index (χ2v) is 10.8. The van der Waals surface area contributed by atoms with Gasteiger partial charge in [-0.1, -0.05) is 17.7 Å². The summed E-state index contributed by atoms with van der Waals surface area (Å²) in [5.74, 6) is 1.45. The molecule has 37 heavy (non-hydrogen) atoms. The molecule has 0 aromatic heterocycles. The first-order valence-corrected chi connectivity index (χ1v) is 13.0. The molecule has 0 bridgehead atoms. The van der Waals surface area contributed by atoms with Gasteiger partial charge in [-0.3, -0.25) is 0 Å². The average Bonchev–Trinajstić information content (AvgIpc) is 3.04. The fraction of sp³-hybridized carbons (Fsp3) is 0.240. The van der Waals surface area contributed by atoms with Gasteiger partial charge in [0, 0.05) is 31.2 Å². The van der Waals surface area contributed by atoms with Gasteiger partial charge < -0.3 is 14.4 Å². The first-order chi connectivity index (χ1) is 17.6. The first-order valence-electron chi connectivity index (χ1n) is 11.2. The predicted octanol–water partition coefficient (Wildman–Crippen LogP) is 5.56. The van der Waals surface area contributed by atoms with E-state index in [0.717, 1.165) is 12.1 Å². The van der Waals surface area contributed by atoms with Gasteiger partial charge in [0.15, 0.2) is 5.75 Å². The molecule has 194 valence electrons. The Balaban J connectivity index is 1.50. The molecular weight excluding hydrogens is 531 g/mol. The molecule has 0 saturated carbocycles. The lowest BCUT2D eigenvalue weighted by molar-refractivity contribution is -0.137. The van der Waals surface area contributed by atoms with E-state index in [9.17, 15) is 21.6 Å². The molecule has 7 nitrogen and oxygen atoms in total. The number of benzene rings is 3. The number of sulfonamides is 1. The molecular formula is C25H21ClF3N3O4S. The monoisotopic (exact) mass is 551 g/mol. The first kappa shape index (κ1) is 25.4. The summed E-state index contributed by atoms with van der Waals surface area (Å²) in [6, 6.07) is 14.2. The molecule has 2 aliphatic rings. The Morgan fingerprint density at radius 1 is 0.973 bits per heavy atom. The smallest absolute Gasteiger partial charge is 0.416 e. The highest BCUT2D eigenvalue weighted by Crippen LogP contribution is 2.42. The number of alkyl halides is 3. The van der Waals surface area contributed by atoms with Gasteiger partial charge in [0.25, 0.3) is 0 Å². The van der Waals surface area contributed by atoms with Gasteiger partial charge in [-0.25, -0.2) is 13.4 Å². The normalized spacial score (nSPS) is 16.2. The second-order valence-electron chi connectivity index (χ2n) is 8.43. The average molecular weight is 552 g/mol. The van der Waals surface area contributed by atoms with Gasteiger partial charge in [-0.2, -0.15) is 17.5 Å². The van der Waals surface area contributed by atoms with E-state index < -0.39 is 21.8 Å². The van der Waals surface area contributed by atoms with Crippen LogP contribution in [-0.2, 0) is 16.2 Å². The van der Waals surface area contributed by atoms with Crippen LogP contribution in [0.1, 0.15) is 11.1 Å². The maximum absolute atomic E-state index is 13.4. The third-order valence-electron chi connectivity index (χ3n) is 6.13. The number of halogens is 4. The van der Waals surface area contributed by atoms with Crippen molar-refractivity contribution in [1.82, 2.24) is 9.21 Å². The van der Waals surface area contributed by atoms with E-state index in [1.807, 2.05) is 4.90 Å². The van der Waals surface area contributed by atoms with Crippen molar-refractivity contribution in [2.75, 3.05) is 33.3 Å². The molecule has 0 spiro atoms. The van der Waals surface area contributed by atoms with Crippen molar-refractivity contribution in [2.24, 2.45) is 4.99 Å². The summed E-state index contributed by atoms with van der Waals surface area (Å²) < 4.78 is 79.1. The van der Waals surface area contributed by atoms with Crippen LogP contribution in [0, 0.1) is 0 Å². The highest BCUT2D eigenvalue weighted by atomic mass is 35.5. The molecule has 2 aliphatic heterocycles. The third kappa shape index (κ3) is 4.98. The number of hydrogen-bond donors (Lipinski definition) is 0. The zero-order chi connectivity index (χ0) is 26.4. The van der Waals surface area contributed by atoms with Crippen LogP contribution in [0.4, 0.5) is 18.9 Å². The largest absolute Gasteiger partial charge is 0.497 e. The molecule has 12 heteroatoms. The van der Waals surface area contributed by atoms with Gasteiger partial charge in [0.2, 0.25) is 10.0 Å². The van der Waals surface area contributed by atoms with Crippen LogP contribution in [0.2, 0.25) is 5.02 Å². The lowest BCUT2D eigenvalue weighted by Gasteiger charge is -2.36. The van der Waals surface area contributed by atoms with E-state index in [4.69, 9.17) is 21.1 Å². The van der Waals surface area contributed by atoms with Crippen molar-refractivity contribution in [3.05, 3.63) is 76.8 Å². The van der Waals surface area contributed by atoms with E-state index >= 15 is 0 Å². The van der Waals surface area contributed by atoms with Gasteiger partial charge in [0.05, 0.1) is 23.1 Å². The van der Waals surface area contributed by atoms with Crippen LogP contribution in [0.3, 0.4) is 0 Å². The van der Waals surface area contributed by atoms with E-state index in [1.165, 1.54) is 29.6 Å².